The third kappa shape index (κ3) is 3.99. The number of benzene rings is 2. The number of rotatable bonds is 4. The minimum Gasteiger partial charge on any atom is -0.467 e. The molecule has 0 spiro atoms. The van der Waals surface area contributed by atoms with Gasteiger partial charge >= 0.3 is 5.97 Å². The summed E-state index contributed by atoms with van der Waals surface area (Å²) < 4.78 is 5.63. The first-order chi connectivity index (χ1) is 10.0. The highest BCUT2D eigenvalue weighted by molar-refractivity contribution is 9.10. The Morgan fingerprint density at radius 1 is 1.29 bits per heavy atom. The van der Waals surface area contributed by atoms with Crippen molar-refractivity contribution in [3.8, 4) is 0 Å². The summed E-state index contributed by atoms with van der Waals surface area (Å²) in [5.74, 6) is -0.356. The Kier molecular flexibility index (Phi) is 5.26. The molecule has 0 saturated carbocycles. The molecule has 1 N–H and O–H groups in total. The first-order valence-corrected chi connectivity index (χ1v) is 7.54. The van der Waals surface area contributed by atoms with Crippen LogP contribution in [0.2, 0.25) is 5.02 Å². The lowest BCUT2D eigenvalue weighted by atomic mass is 10.1. The average Bonchev–Trinajstić information content (AvgIpc) is 2.47. The van der Waals surface area contributed by atoms with Gasteiger partial charge in [0.25, 0.3) is 0 Å². The molecule has 0 aliphatic rings. The molecule has 1 atom stereocenters. The van der Waals surface area contributed by atoms with Crippen molar-refractivity contribution in [3.05, 3.63) is 63.1 Å². The van der Waals surface area contributed by atoms with Crippen molar-refractivity contribution in [1.29, 1.82) is 0 Å². The number of hydrogen-bond acceptors (Lipinski definition) is 3. The number of hydrogen-bond donors (Lipinski definition) is 1. The summed E-state index contributed by atoms with van der Waals surface area (Å²) >= 11 is 9.37. The van der Waals surface area contributed by atoms with Crippen molar-refractivity contribution in [3.63, 3.8) is 0 Å². The van der Waals surface area contributed by atoms with Gasteiger partial charge in [-0.05, 0) is 58.2 Å². The number of esters is 1. The fourth-order valence-corrected chi connectivity index (χ4v) is 2.50. The van der Waals surface area contributed by atoms with Crippen molar-refractivity contribution < 1.29 is 9.53 Å². The molecule has 0 radical (unpaired) electrons. The van der Waals surface area contributed by atoms with Gasteiger partial charge in [-0.3, -0.25) is 0 Å². The summed E-state index contributed by atoms with van der Waals surface area (Å²) in [5.41, 5.74) is 2.75. The first-order valence-electron chi connectivity index (χ1n) is 6.37. The molecule has 0 saturated heterocycles. The van der Waals surface area contributed by atoms with E-state index in [1.807, 2.05) is 37.3 Å². The Morgan fingerprint density at radius 2 is 2.05 bits per heavy atom. The Morgan fingerprint density at radius 3 is 2.67 bits per heavy atom. The van der Waals surface area contributed by atoms with Gasteiger partial charge in [0.2, 0.25) is 0 Å². The molecule has 0 amide bonds. The molecule has 5 heteroatoms. The molecule has 110 valence electrons. The maximum atomic E-state index is 12.1. The fourth-order valence-electron chi connectivity index (χ4n) is 1.99. The third-order valence-electron chi connectivity index (χ3n) is 3.04. The third-order valence-corrected chi connectivity index (χ3v) is 4.26. The minimum atomic E-state index is -0.592. The molecule has 0 fully saturated rings. The number of anilines is 1. The maximum absolute atomic E-state index is 12.1. The lowest BCUT2D eigenvalue weighted by Gasteiger charge is -2.19. The van der Waals surface area contributed by atoms with Crippen molar-refractivity contribution in [1.82, 2.24) is 0 Å². The van der Waals surface area contributed by atoms with Crippen LogP contribution in [0, 0.1) is 6.92 Å². The Bertz CT molecular complexity index is 660. The zero-order valence-electron chi connectivity index (χ0n) is 11.7. The van der Waals surface area contributed by atoms with E-state index in [1.54, 1.807) is 12.1 Å². The van der Waals surface area contributed by atoms with Crippen LogP contribution in [0.5, 0.6) is 0 Å². The van der Waals surface area contributed by atoms with Gasteiger partial charge in [0.15, 0.2) is 6.04 Å². The summed E-state index contributed by atoms with van der Waals surface area (Å²) in [5, 5.41) is 3.79. The van der Waals surface area contributed by atoms with Crippen LogP contribution in [0.3, 0.4) is 0 Å². The number of ether oxygens (including phenoxy) is 1. The molecule has 2 aromatic rings. The van der Waals surface area contributed by atoms with E-state index in [9.17, 15) is 4.79 Å². The molecular weight excluding hydrogens is 354 g/mol. The van der Waals surface area contributed by atoms with Crippen LogP contribution in [-0.2, 0) is 9.53 Å². The lowest BCUT2D eigenvalue weighted by Crippen LogP contribution is -2.22. The summed E-state index contributed by atoms with van der Waals surface area (Å²) in [6.45, 7) is 2.00. The maximum Gasteiger partial charge on any atom is 0.332 e. The quantitative estimate of drug-likeness (QED) is 0.792. The van der Waals surface area contributed by atoms with Gasteiger partial charge in [-0.25, -0.2) is 4.79 Å². The van der Waals surface area contributed by atoms with Crippen LogP contribution >= 0.6 is 27.5 Å². The van der Waals surface area contributed by atoms with E-state index in [1.165, 1.54) is 7.11 Å². The Balaban J connectivity index is 2.34. The number of methoxy groups -OCH3 is 1. The van der Waals surface area contributed by atoms with E-state index in [4.69, 9.17) is 16.3 Å². The highest BCUT2D eigenvalue weighted by Gasteiger charge is 2.22. The Hall–Kier alpha value is -1.52. The van der Waals surface area contributed by atoms with Crippen molar-refractivity contribution in [2.45, 2.75) is 13.0 Å². The second-order valence-electron chi connectivity index (χ2n) is 4.64. The van der Waals surface area contributed by atoms with E-state index in [0.717, 1.165) is 21.3 Å². The van der Waals surface area contributed by atoms with Crippen LogP contribution in [0.15, 0.2) is 46.9 Å². The van der Waals surface area contributed by atoms with Crippen LogP contribution < -0.4 is 5.32 Å². The summed E-state index contributed by atoms with van der Waals surface area (Å²) in [4.78, 5) is 12.1. The zero-order valence-corrected chi connectivity index (χ0v) is 14.0. The molecule has 0 heterocycles. The minimum absolute atomic E-state index is 0.356. The predicted molar refractivity (Wildman–Crippen MR) is 88.7 cm³/mol. The van der Waals surface area contributed by atoms with Crippen LogP contribution in [0.1, 0.15) is 17.2 Å². The monoisotopic (exact) mass is 367 g/mol. The van der Waals surface area contributed by atoms with Gasteiger partial charge in [-0.1, -0.05) is 29.8 Å². The molecule has 0 aromatic heterocycles. The standard InChI is InChI=1S/C16H15BrClNO2/c1-10-4-3-5-12(8-10)19-15(16(20)21-2)11-6-7-14(18)13(17)9-11/h3-9,15,19H,1-2H3. The zero-order chi connectivity index (χ0) is 15.4. The highest BCUT2D eigenvalue weighted by Crippen LogP contribution is 2.28. The van der Waals surface area contributed by atoms with Gasteiger partial charge < -0.3 is 10.1 Å². The molecule has 2 aromatic carbocycles. The van der Waals surface area contributed by atoms with Crippen molar-refractivity contribution >= 4 is 39.2 Å². The van der Waals surface area contributed by atoms with Crippen LogP contribution in [-0.4, -0.2) is 13.1 Å². The molecule has 0 aliphatic heterocycles. The summed E-state index contributed by atoms with van der Waals surface area (Å²) in [7, 11) is 1.37. The van der Waals surface area contributed by atoms with Crippen molar-refractivity contribution in [2.24, 2.45) is 0 Å². The first kappa shape index (κ1) is 15.9. The smallest absolute Gasteiger partial charge is 0.332 e. The number of carbonyl (C=O) groups excluding carboxylic acids is 1. The molecule has 0 bridgehead atoms. The topological polar surface area (TPSA) is 38.3 Å². The average molecular weight is 369 g/mol. The summed E-state index contributed by atoms with van der Waals surface area (Å²) in [6.07, 6.45) is 0. The van der Waals surface area contributed by atoms with Gasteiger partial charge in [-0.15, -0.1) is 0 Å². The Labute approximate surface area is 137 Å². The highest BCUT2D eigenvalue weighted by atomic mass is 79.9. The van der Waals surface area contributed by atoms with E-state index >= 15 is 0 Å². The second kappa shape index (κ2) is 6.96. The van der Waals surface area contributed by atoms with E-state index < -0.39 is 6.04 Å². The molecule has 1 unspecified atom stereocenters. The lowest BCUT2D eigenvalue weighted by molar-refractivity contribution is -0.141. The van der Waals surface area contributed by atoms with Gasteiger partial charge in [0.1, 0.15) is 0 Å². The van der Waals surface area contributed by atoms with Gasteiger partial charge in [0.05, 0.1) is 12.1 Å². The van der Waals surface area contributed by atoms with Gasteiger partial charge in [-0.2, -0.15) is 0 Å². The fraction of sp³-hybridized carbons (Fsp3) is 0.188. The van der Waals surface area contributed by atoms with E-state index in [2.05, 4.69) is 21.2 Å². The summed E-state index contributed by atoms with van der Waals surface area (Å²) in [6, 6.07) is 12.6. The molecular formula is C16H15BrClNO2. The SMILES string of the molecule is COC(=O)C(Nc1cccc(C)c1)c1ccc(Cl)c(Br)c1. The van der Waals surface area contributed by atoms with E-state index in [0.29, 0.717) is 5.02 Å². The molecule has 0 aliphatic carbocycles. The number of aryl methyl sites for hydroxylation is 1. The number of halogens is 2. The van der Waals surface area contributed by atoms with E-state index in [-0.39, 0.29) is 5.97 Å². The molecule has 21 heavy (non-hydrogen) atoms. The molecule has 3 nitrogen and oxygen atoms in total. The largest absolute Gasteiger partial charge is 0.467 e. The van der Waals surface area contributed by atoms with Crippen molar-refractivity contribution in [2.75, 3.05) is 12.4 Å². The number of carbonyl (C=O) groups is 1. The molecule has 2 rings (SSSR count). The van der Waals surface area contributed by atoms with Crippen LogP contribution in [0.4, 0.5) is 5.69 Å². The van der Waals surface area contributed by atoms with Gasteiger partial charge in [0, 0.05) is 10.2 Å². The second-order valence-corrected chi connectivity index (χ2v) is 5.91. The normalized spacial score (nSPS) is 11.8. The van der Waals surface area contributed by atoms with Crippen LogP contribution in [0.25, 0.3) is 0 Å². The predicted octanol–water partition coefficient (Wildman–Crippen LogP) is 4.74. The number of nitrogens with one attached hydrogen (secondary N) is 1.